The third kappa shape index (κ3) is 4.66. The molecule has 116 valence electrons. The second-order valence-corrected chi connectivity index (χ2v) is 8.48. The first-order chi connectivity index (χ1) is 9.65. The summed E-state index contributed by atoms with van der Waals surface area (Å²) in [6.07, 6.45) is 0.450. The van der Waals surface area contributed by atoms with Crippen LogP contribution in [0.4, 0.5) is 5.82 Å². The highest BCUT2D eigenvalue weighted by atomic mass is 32.2. The highest BCUT2D eigenvalue weighted by molar-refractivity contribution is 7.91. The predicted octanol–water partition coefficient (Wildman–Crippen LogP) is 0.604. The SMILES string of the molecule is CC(C)(C)Nc1ccc(C(=O)NC2CCS(=O)(=O)C2)nn1. The zero-order valence-corrected chi connectivity index (χ0v) is 13.2. The molecule has 1 aromatic rings. The van der Waals surface area contributed by atoms with Crippen molar-refractivity contribution in [1.82, 2.24) is 15.5 Å². The van der Waals surface area contributed by atoms with Gasteiger partial charge in [0.15, 0.2) is 15.5 Å². The van der Waals surface area contributed by atoms with Crippen molar-refractivity contribution < 1.29 is 13.2 Å². The molecule has 2 N–H and O–H groups in total. The first kappa shape index (κ1) is 15.7. The number of rotatable bonds is 3. The third-order valence-corrected chi connectivity index (χ3v) is 4.74. The van der Waals surface area contributed by atoms with E-state index in [4.69, 9.17) is 0 Å². The van der Waals surface area contributed by atoms with Crippen molar-refractivity contribution in [3.05, 3.63) is 17.8 Å². The Hall–Kier alpha value is -1.70. The van der Waals surface area contributed by atoms with Gasteiger partial charge in [-0.25, -0.2) is 8.42 Å². The highest BCUT2D eigenvalue weighted by Gasteiger charge is 2.29. The van der Waals surface area contributed by atoms with Gasteiger partial charge in [-0.15, -0.1) is 10.2 Å². The van der Waals surface area contributed by atoms with Crippen LogP contribution in [0.1, 0.15) is 37.7 Å². The van der Waals surface area contributed by atoms with Crippen molar-refractivity contribution >= 4 is 21.6 Å². The van der Waals surface area contributed by atoms with Crippen molar-refractivity contribution in [2.45, 2.75) is 38.8 Å². The van der Waals surface area contributed by atoms with Gasteiger partial charge in [0.2, 0.25) is 0 Å². The minimum Gasteiger partial charge on any atom is -0.364 e. The van der Waals surface area contributed by atoms with Crippen LogP contribution in [0.5, 0.6) is 0 Å². The van der Waals surface area contributed by atoms with Gasteiger partial charge in [-0.3, -0.25) is 4.79 Å². The Labute approximate surface area is 124 Å². The lowest BCUT2D eigenvalue weighted by Crippen LogP contribution is -2.36. The Morgan fingerprint density at radius 3 is 2.48 bits per heavy atom. The van der Waals surface area contributed by atoms with Crippen LogP contribution < -0.4 is 10.6 Å². The Morgan fingerprint density at radius 2 is 2.00 bits per heavy atom. The predicted molar refractivity (Wildman–Crippen MR) is 79.9 cm³/mol. The molecule has 1 aromatic heterocycles. The van der Waals surface area contributed by atoms with Gasteiger partial charge in [0.05, 0.1) is 11.5 Å². The zero-order chi connectivity index (χ0) is 15.7. The maximum atomic E-state index is 12.0. The van der Waals surface area contributed by atoms with Gasteiger partial charge >= 0.3 is 0 Å². The fraction of sp³-hybridized carbons (Fsp3) is 0.615. The molecule has 1 saturated heterocycles. The highest BCUT2D eigenvalue weighted by Crippen LogP contribution is 2.13. The second kappa shape index (κ2) is 5.59. The van der Waals surface area contributed by atoms with E-state index in [9.17, 15) is 13.2 Å². The van der Waals surface area contributed by atoms with Crippen molar-refractivity contribution in [2.75, 3.05) is 16.8 Å². The smallest absolute Gasteiger partial charge is 0.272 e. The summed E-state index contributed by atoms with van der Waals surface area (Å²) in [5.41, 5.74) is 0.0372. The monoisotopic (exact) mass is 312 g/mol. The molecule has 1 aliphatic heterocycles. The van der Waals surface area contributed by atoms with Gasteiger partial charge < -0.3 is 10.6 Å². The number of hydrogen-bond acceptors (Lipinski definition) is 6. The van der Waals surface area contributed by atoms with Crippen LogP contribution in [0.2, 0.25) is 0 Å². The van der Waals surface area contributed by atoms with Gasteiger partial charge in [0.25, 0.3) is 5.91 Å². The van der Waals surface area contributed by atoms with E-state index in [1.54, 1.807) is 12.1 Å². The van der Waals surface area contributed by atoms with Crippen LogP contribution >= 0.6 is 0 Å². The van der Waals surface area contributed by atoms with Crippen LogP contribution in [-0.4, -0.2) is 47.6 Å². The molecular formula is C13H20N4O3S. The summed E-state index contributed by atoms with van der Waals surface area (Å²) in [6, 6.07) is 2.91. The first-order valence-electron chi connectivity index (χ1n) is 6.78. The minimum absolute atomic E-state index is 0.00414. The standard InChI is InChI=1S/C13H20N4O3S/c1-13(2,3)15-11-5-4-10(16-17-11)12(18)14-9-6-7-21(19,20)8-9/h4-5,9H,6-8H2,1-3H3,(H,14,18)(H,15,17). The molecule has 7 nitrogen and oxygen atoms in total. The largest absolute Gasteiger partial charge is 0.364 e. The molecule has 2 rings (SSSR count). The fourth-order valence-electron chi connectivity index (χ4n) is 2.07. The lowest BCUT2D eigenvalue weighted by atomic mass is 10.1. The van der Waals surface area contributed by atoms with Crippen LogP contribution in [0.15, 0.2) is 12.1 Å². The molecule has 0 saturated carbocycles. The quantitative estimate of drug-likeness (QED) is 0.848. The molecule has 0 radical (unpaired) electrons. The molecule has 0 aliphatic carbocycles. The topological polar surface area (TPSA) is 101 Å². The van der Waals surface area contributed by atoms with Crippen LogP contribution in [0.25, 0.3) is 0 Å². The third-order valence-electron chi connectivity index (χ3n) is 2.97. The van der Waals surface area contributed by atoms with E-state index in [0.29, 0.717) is 12.2 Å². The summed E-state index contributed by atoms with van der Waals surface area (Å²) >= 11 is 0. The fourth-order valence-corrected chi connectivity index (χ4v) is 3.75. The molecule has 0 spiro atoms. The number of sulfone groups is 1. The molecule has 1 atom stereocenters. The molecule has 1 amide bonds. The van der Waals surface area contributed by atoms with Crippen LogP contribution in [0, 0.1) is 0 Å². The number of hydrogen-bond donors (Lipinski definition) is 2. The van der Waals surface area contributed by atoms with Crippen molar-refractivity contribution in [3.63, 3.8) is 0 Å². The molecule has 21 heavy (non-hydrogen) atoms. The molecule has 2 heterocycles. The number of aromatic nitrogens is 2. The molecular weight excluding hydrogens is 292 g/mol. The number of nitrogens with one attached hydrogen (secondary N) is 2. The molecule has 0 bridgehead atoms. The van der Waals surface area contributed by atoms with E-state index in [2.05, 4.69) is 20.8 Å². The summed E-state index contributed by atoms with van der Waals surface area (Å²) < 4.78 is 22.7. The number of nitrogens with zero attached hydrogens (tertiary/aromatic N) is 2. The van der Waals surface area contributed by atoms with Crippen molar-refractivity contribution in [2.24, 2.45) is 0 Å². The number of carbonyl (C=O) groups excluding carboxylic acids is 1. The molecule has 1 aliphatic rings. The van der Waals surface area contributed by atoms with Gasteiger partial charge in [-0.1, -0.05) is 0 Å². The molecule has 8 heteroatoms. The maximum Gasteiger partial charge on any atom is 0.272 e. The van der Waals surface area contributed by atoms with E-state index in [0.717, 1.165) is 0 Å². The van der Waals surface area contributed by atoms with Gasteiger partial charge in [0, 0.05) is 11.6 Å². The Kier molecular flexibility index (Phi) is 4.18. The number of amides is 1. The van der Waals surface area contributed by atoms with Crippen molar-refractivity contribution in [1.29, 1.82) is 0 Å². The normalized spacial score (nSPS) is 21.0. The lowest BCUT2D eigenvalue weighted by molar-refractivity contribution is 0.0935. The van der Waals surface area contributed by atoms with Crippen molar-refractivity contribution in [3.8, 4) is 0 Å². The van der Waals surface area contributed by atoms with Gasteiger partial charge in [0.1, 0.15) is 5.82 Å². The molecule has 0 aromatic carbocycles. The summed E-state index contributed by atoms with van der Waals surface area (Å²) in [4.78, 5) is 12.0. The summed E-state index contributed by atoms with van der Waals surface area (Å²) in [5.74, 6) is 0.308. The maximum absolute atomic E-state index is 12.0. The summed E-state index contributed by atoms with van der Waals surface area (Å²) in [6.45, 7) is 5.99. The second-order valence-electron chi connectivity index (χ2n) is 6.25. The van der Waals surface area contributed by atoms with E-state index < -0.39 is 15.7 Å². The van der Waals surface area contributed by atoms with Gasteiger partial charge in [-0.05, 0) is 39.3 Å². The van der Waals surface area contributed by atoms with E-state index in [1.807, 2.05) is 20.8 Å². The number of anilines is 1. The average Bonchev–Trinajstić information content (AvgIpc) is 2.67. The first-order valence-corrected chi connectivity index (χ1v) is 8.60. The van der Waals surface area contributed by atoms with E-state index >= 15 is 0 Å². The van der Waals surface area contributed by atoms with Crippen LogP contribution in [0.3, 0.4) is 0 Å². The molecule has 1 fully saturated rings. The van der Waals surface area contributed by atoms with Crippen LogP contribution in [-0.2, 0) is 9.84 Å². The van der Waals surface area contributed by atoms with Gasteiger partial charge in [-0.2, -0.15) is 0 Å². The Morgan fingerprint density at radius 1 is 1.29 bits per heavy atom. The lowest BCUT2D eigenvalue weighted by Gasteiger charge is -2.20. The Bertz CT molecular complexity index is 620. The minimum atomic E-state index is -3.01. The Balaban J connectivity index is 1.97. The summed E-state index contributed by atoms with van der Waals surface area (Å²) in [5, 5.41) is 13.6. The van der Waals surface area contributed by atoms with E-state index in [1.165, 1.54) is 0 Å². The average molecular weight is 312 g/mol. The summed E-state index contributed by atoms with van der Waals surface area (Å²) in [7, 11) is -3.01. The number of carbonyl (C=O) groups is 1. The zero-order valence-electron chi connectivity index (χ0n) is 12.4. The van der Waals surface area contributed by atoms with E-state index in [-0.39, 0.29) is 28.8 Å². The molecule has 1 unspecified atom stereocenters.